The van der Waals surface area contributed by atoms with E-state index in [0.29, 0.717) is 24.2 Å². The number of carbonyl (C=O) groups is 1. The summed E-state index contributed by atoms with van der Waals surface area (Å²) in [7, 11) is 0. The number of amides is 1. The number of carbonyl (C=O) groups excluding carboxylic acids is 1. The number of alkyl halides is 3. The number of halogens is 6. The van der Waals surface area contributed by atoms with Crippen molar-refractivity contribution in [2.24, 2.45) is 5.73 Å². The topological polar surface area (TPSA) is 61.6 Å². The van der Waals surface area contributed by atoms with Crippen molar-refractivity contribution < 1.29 is 26.7 Å². The van der Waals surface area contributed by atoms with Gasteiger partial charge >= 0.3 is 6.18 Å². The van der Waals surface area contributed by atoms with Gasteiger partial charge in [0.05, 0.1) is 22.2 Å². The zero-order valence-corrected chi connectivity index (χ0v) is 26.2. The quantitative estimate of drug-likeness (QED) is 0.245. The maximum Gasteiger partial charge on any atom is 0.417 e. The summed E-state index contributed by atoms with van der Waals surface area (Å²) in [6.07, 6.45) is -0.0730. The van der Waals surface area contributed by atoms with Crippen LogP contribution in [0.4, 0.5) is 22.0 Å². The summed E-state index contributed by atoms with van der Waals surface area (Å²) in [6.45, 7) is 7.65. The molecule has 0 saturated carbocycles. The van der Waals surface area contributed by atoms with Crippen LogP contribution in [-0.4, -0.2) is 54.0 Å². The molecule has 0 bridgehead atoms. The van der Waals surface area contributed by atoms with E-state index in [2.05, 4.69) is 29.0 Å². The van der Waals surface area contributed by atoms with Crippen molar-refractivity contribution in [1.82, 2.24) is 15.1 Å². The maximum atomic E-state index is 13.3. The first-order chi connectivity index (χ1) is 21.3. The minimum absolute atomic E-state index is 0.0128. The van der Waals surface area contributed by atoms with E-state index in [-0.39, 0.29) is 17.4 Å². The zero-order chi connectivity index (χ0) is 32.7. The van der Waals surface area contributed by atoms with Gasteiger partial charge in [0.1, 0.15) is 11.6 Å². The summed E-state index contributed by atoms with van der Waals surface area (Å²) in [5.74, 6) is -1.32. The van der Waals surface area contributed by atoms with Crippen molar-refractivity contribution >= 4 is 17.5 Å². The fourth-order valence-corrected chi connectivity index (χ4v) is 6.24. The Bertz CT molecular complexity index is 1400. The first-order valence-electron chi connectivity index (χ1n) is 15.2. The van der Waals surface area contributed by atoms with E-state index in [9.17, 15) is 26.7 Å². The van der Waals surface area contributed by atoms with Crippen LogP contribution >= 0.6 is 11.6 Å². The molecule has 2 aliphatic heterocycles. The minimum Gasteiger partial charge on any atom is -0.344 e. The van der Waals surface area contributed by atoms with E-state index in [1.165, 1.54) is 43.2 Å². The summed E-state index contributed by atoms with van der Waals surface area (Å²) in [5, 5.41) is 2.15. The van der Waals surface area contributed by atoms with E-state index in [1.807, 2.05) is 0 Å². The molecule has 5 rings (SSSR count). The second kappa shape index (κ2) is 15.5. The molecule has 4 atom stereocenters. The Morgan fingerprint density at radius 2 is 1.38 bits per heavy atom. The molecule has 2 fully saturated rings. The van der Waals surface area contributed by atoms with Crippen molar-refractivity contribution in [3.63, 3.8) is 0 Å². The maximum absolute atomic E-state index is 13.3. The van der Waals surface area contributed by atoms with Crippen LogP contribution < -0.4 is 11.1 Å². The molecule has 3 N–H and O–H groups in total. The largest absolute Gasteiger partial charge is 0.417 e. The van der Waals surface area contributed by atoms with Gasteiger partial charge in [-0.05, 0) is 100 Å². The predicted molar refractivity (Wildman–Crippen MR) is 167 cm³/mol. The van der Waals surface area contributed by atoms with Gasteiger partial charge < -0.3 is 11.1 Å². The lowest BCUT2D eigenvalue weighted by Gasteiger charge is -2.28. The van der Waals surface area contributed by atoms with Crippen molar-refractivity contribution in [2.45, 2.75) is 69.9 Å². The van der Waals surface area contributed by atoms with Gasteiger partial charge in [0, 0.05) is 31.2 Å². The molecule has 5 nitrogen and oxygen atoms in total. The number of rotatable bonds is 8. The van der Waals surface area contributed by atoms with Crippen LogP contribution in [0.2, 0.25) is 5.02 Å². The molecular weight excluding hydrogens is 611 g/mol. The van der Waals surface area contributed by atoms with Crippen LogP contribution in [0.15, 0.2) is 66.7 Å². The van der Waals surface area contributed by atoms with E-state index in [4.69, 9.17) is 17.3 Å². The third-order valence-corrected chi connectivity index (χ3v) is 9.06. The molecule has 45 heavy (non-hydrogen) atoms. The molecule has 2 heterocycles. The molecule has 244 valence electrons. The Morgan fingerprint density at radius 1 is 0.867 bits per heavy atom. The third kappa shape index (κ3) is 9.48. The molecule has 3 aromatic rings. The van der Waals surface area contributed by atoms with Crippen molar-refractivity contribution in [2.75, 3.05) is 26.2 Å². The van der Waals surface area contributed by atoms with Gasteiger partial charge in [0.15, 0.2) is 0 Å². The summed E-state index contributed by atoms with van der Waals surface area (Å²) >= 11 is 5.89. The van der Waals surface area contributed by atoms with Gasteiger partial charge in [-0.15, -0.1) is 0 Å². The van der Waals surface area contributed by atoms with Crippen molar-refractivity contribution in [3.8, 4) is 0 Å². The molecule has 2 aliphatic rings. The number of nitrogens with two attached hydrogens (primary N) is 1. The Hall–Kier alpha value is -3.05. The van der Waals surface area contributed by atoms with Crippen LogP contribution in [-0.2, 0) is 6.18 Å². The summed E-state index contributed by atoms with van der Waals surface area (Å²) in [5.41, 5.74) is 6.50. The smallest absolute Gasteiger partial charge is 0.344 e. The summed E-state index contributed by atoms with van der Waals surface area (Å²) in [4.78, 5) is 17.4. The van der Waals surface area contributed by atoms with Gasteiger partial charge in [-0.2, -0.15) is 13.2 Å². The lowest BCUT2D eigenvalue weighted by Crippen LogP contribution is -2.39. The van der Waals surface area contributed by atoms with Crippen LogP contribution in [0.25, 0.3) is 0 Å². The normalized spacial score (nSPS) is 20.4. The molecule has 1 amide bonds. The number of benzene rings is 3. The fraction of sp³-hybridized carbons (Fsp3) is 0.441. The lowest BCUT2D eigenvalue weighted by atomic mass is 10.0. The van der Waals surface area contributed by atoms with Crippen LogP contribution in [0.5, 0.6) is 0 Å². The van der Waals surface area contributed by atoms with Gasteiger partial charge in [0.2, 0.25) is 0 Å². The van der Waals surface area contributed by atoms with Gasteiger partial charge in [0.25, 0.3) is 5.91 Å². The molecule has 2 unspecified atom stereocenters. The first-order valence-corrected chi connectivity index (χ1v) is 15.6. The molecule has 0 radical (unpaired) electrons. The van der Waals surface area contributed by atoms with E-state index in [1.54, 1.807) is 24.3 Å². The van der Waals surface area contributed by atoms with Gasteiger partial charge in [-0.1, -0.05) is 41.9 Å². The lowest BCUT2D eigenvalue weighted by molar-refractivity contribution is -0.137. The average molecular weight is 651 g/mol. The molecule has 2 saturated heterocycles. The summed E-state index contributed by atoms with van der Waals surface area (Å²) < 4.78 is 65.4. The monoisotopic (exact) mass is 650 g/mol. The standard InChI is InChI=1S/C21H21ClF4N2O.C13H19FN2/c1-13-4-3-11-28(13)12-18(14-7-9-15(23)10-8-14)27-20(29)16-5-2-6-17(19(16)22)21(24,25)26;1-10-3-2-8-16(10)9-13(15)11-4-6-12(14)7-5-11/h2,5-10,13,18H,3-4,11-12H2,1H3,(H,27,29);4-7,10,13H,2-3,8-9,15H2,1H3/t13?,18-;10?,13-/m11/s1. The van der Waals surface area contributed by atoms with Gasteiger partial charge in [-0.3, -0.25) is 14.6 Å². The highest BCUT2D eigenvalue weighted by molar-refractivity contribution is 6.34. The van der Waals surface area contributed by atoms with Crippen LogP contribution in [0.1, 0.15) is 78.7 Å². The van der Waals surface area contributed by atoms with Crippen molar-refractivity contribution in [1.29, 1.82) is 0 Å². The SMILES string of the molecule is CC1CCCN1C[C@@H](N)c1ccc(F)cc1.CC1CCCN1C[C@@H](NC(=O)c1cccc(C(F)(F)F)c1Cl)c1ccc(F)cc1. The number of nitrogens with one attached hydrogen (secondary N) is 1. The third-order valence-electron chi connectivity index (χ3n) is 8.65. The molecule has 0 aliphatic carbocycles. The predicted octanol–water partition coefficient (Wildman–Crippen LogP) is 7.76. The fourth-order valence-electron chi connectivity index (χ4n) is 5.92. The number of nitrogens with zero attached hydrogens (tertiary/aromatic N) is 2. The van der Waals surface area contributed by atoms with Gasteiger partial charge in [-0.25, -0.2) is 8.78 Å². The highest BCUT2D eigenvalue weighted by atomic mass is 35.5. The molecule has 3 aromatic carbocycles. The highest BCUT2D eigenvalue weighted by Crippen LogP contribution is 2.36. The summed E-state index contributed by atoms with van der Waals surface area (Å²) in [6, 6.07) is 15.9. The van der Waals surface area contributed by atoms with Crippen LogP contribution in [0, 0.1) is 11.6 Å². The zero-order valence-electron chi connectivity index (χ0n) is 25.5. The second-order valence-electron chi connectivity index (χ2n) is 11.9. The minimum atomic E-state index is -4.66. The Kier molecular flexibility index (Phi) is 12.0. The second-order valence-corrected chi connectivity index (χ2v) is 12.3. The Morgan fingerprint density at radius 3 is 1.87 bits per heavy atom. The van der Waals surface area contributed by atoms with Crippen LogP contribution in [0.3, 0.4) is 0 Å². The highest BCUT2D eigenvalue weighted by Gasteiger charge is 2.35. The molecular formula is C34H40ClF5N4O. The Balaban J connectivity index is 0.000000242. The first kappa shape index (κ1) is 34.8. The molecule has 11 heteroatoms. The Labute approximate surface area is 266 Å². The molecule has 0 spiro atoms. The van der Waals surface area contributed by atoms with E-state index in [0.717, 1.165) is 50.2 Å². The molecule has 0 aromatic heterocycles. The van der Waals surface area contributed by atoms with Crippen molar-refractivity contribution in [3.05, 3.63) is 106 Å². The number of likely N-dealkylation sites (tertiary alicyclic amines) is 2. The number of hydrogen-bond donors (Lipinski definition) is 2. The number of hydrogen-bond acceptors (Lipinski definition) is 4. The average Bonchev–Trinajstić information content (AvgIpc) is 3.59. The van der Waals surface area contributed by atoms with E-state index < -0.39 is 34.5 Å². The van der Waals surface area contributed by atoms with E-state index >= 15 is 0 Å².